The van der Waals surface area contributed by atoms with Gasteiger partial charge < -0.3 is 26.4 Å². The van der Waals surface area contributed by atoms with Crippen LogP contribution in [0, 0.1) is 0 Å². The molecule has 4 heterocycles. The summed E-state index contributed by atoms with van der Waals surface area (Å²) in [5, 5.41) is 26.5. The molecule has 0 radical (unpaired) electrons. The standard InChI is InChI=1S/C24H23ClF3N9O3/c25-16-7-12(1-2-14(16)22(39)30-3-4-31-23(40)17-8-13(38)9-32-17)35-20-21-33-11-18(37(21)6-5-29-20)15-10-34-36-19(15)24(26,27)28/h1-2,5-7,10-11,13,17,32,38H,3-4,8-9H2,(H,29,35)(H,30,39)(H,31,40)(H,34,36). The maximum atomic E-state index is 13.4. The van der Waals surface area contributed by atoms with Crippen LogP contribution in [-0.4, -0.2) is 73.3 Å². The second-order valence-corrected chi connectivity index (χ2v) is 9.39. The second-order valence-electron chi connectivity index (χ2n) is 8.99. The molecular formula is C24H23ClF3N9O3. The number of aromatic amines is 1. The molecule has 0 aliphatic carbocycles. The van der Waals surface area contributed by atoms with E-state index in [1.165, 1.54) is 35.1 Å². The molecule has 5 rings (SSSR count). The van der Waals surface area contributed by atoms with Crippen molar-refractivity contribution in [3.8, 4) is 11.3 Å². The lowest BCUT2D eigenvalue weighted by Gasteiger charge is -2.12. The van der Waals surface area contributed by atoms with Crippen LogP contribution in [-0.2, 0) is 11.0 Å². The first-order valence-electron chi connectivity index (χ1n) is 12.1. The Balaban J connectivity index is 1.23. The Hall–Kier alpha value is -4.21. The van der Waals surface area contributed by atoms with Gasteiger partial charge in [0.05, 0.1) is 46.4 Å². The van der Waals surface area contributed by atoms with Crippen LogP contribution in [0.15, 0.2) is 43.0 Å². The van der Waals surface area contributed by atoms with Gasteiger partial charge in [-0.2, -0.15) is 18.3 Å². The zero-order valence-corrected chi connectivity index (χ0v) is 21.3. The molecule has 40 heavy (non-hydrogen) atoms. The van der Waals surface area contributed by atoms with Crippen LogP contribution in [0.5, 0.6) is 0 Å². The Morgan fingerprint density at radius 2 is 1.98 bits per heavy atom. The highest BCUT2D eigenvalue weighted by Crippen LogP contribution is 2.36. The Morgan fingerprint density at radius 3 is 2.70 bits per heavy atom. The number of aliphatic hydroxyl groups excluding tert-OH is 1. The number of H-pyrrole nitrogens is 1. The van der Waals surface area contributed by atoms with Gasteiger partial charge >= 0.3 is 6.18 Å². The van der Waals surface area contributed by atoms with Crippen molar-refractivity contribution in [3.63, 3.8) is 0 Å². The molecule has 1 aliphatic rings. The number of hydrogen-bond donors (Lipinski definition) is 6. The molecule has 1 aliphatic heterocycles. The van der Waals surface area contributed by atoms with Gasteiger partial charge in [-0.3, -0.25) is 19.1 Å². The van der Waals surface area contributed by atoms with Crippen LogP contribution in [0.3, 0.4) is 0 Å². The van der Waals surface area contributed by atoms with Crippen LogP contribution >= 0.6 is 11.6 Å². The summed E-state index contributed by atoms with van der Waals surface area (Å²) in [6, 6.07) is 4.13. The Bertz CT molecular complexity index is 1560. The number of rotatable bonds is 8. The van der Waals surface area contributed by atoms with E-state index in [1.54, 1.807) is 6.07 Å². The van der Waals surface area contributed by atoms with E-state index < -0.39 is 29.9 Å². The summed E-state index contributed by atoms with van der Waals surface area (Å²) in [5.41, 5.74) is -0.0649. The summed E-state index contributed by atoms with van der Waals surface area (Å²) < 4.78 is 41.5. The fourth-order valence-electron chi connectivity index (χ4n) is 4.31. The van der Waals surface area contributed by atoms with Crippen molar-refractivity contribution in [1.82, 2.24) is 40.5 Å². The minimum atomic E-state index is -4.62. The van der Waals surface area contributed by atoms with Gasteiger partial charge in [0.2, 0.25) is 5.91 Å². The van der Waals surface area contributed by atoms with E-state index in [4.69, 9.17) is 11.6 Å². The predicted octanol–water partition coefficient (Wildman–Crippen LogP) is 2.10. The third kappa shape index (κ3) is 5.71. The van der Waals surface area contributed by atoms with E-state index in [0.717, 1.165) is 6.20 Å². The number of β-amino-alcohol motifs (C(OH)–C–C–N with tert-alkyl or cyclic N) is 1. The zero-order valence-electron chi connectivity index (χ0n) is 20.6. The fraction of sp³-hybridized carbons (Fsp3) is 0.292. The monoisotopic (exact) mass is 577 g/mol. The number of anilines is 2. The molecule has 2 amide bonds. The lowest BCUT2D eigenvalue weighted by Crippen LogP contribution is -2.43. The van der Waals surface area contributed by atoms with Crippen molar-refractivity contribution in [2.75, 3.05) is 25.0 Å². The van der Waals surface area contributed by atoms with Crippen LogP contribution in [0.2, 0.25) is 5.02 Å². The molecule has 3 aromatic heterocycles. The maximum Gasteiger partial charge on any atom is 0.433 e. The number of carbonyl (C=O) groups excluding carboxylic acids is 2. The summed E-state index contributed by atoms with van der Waals surface area (Å²) in [5.74, 6) is -0.448. The SMILES string of the molecule is O=C(NCCNC(=O)C1CC(O)CN1)c1ccc(Nc2nccn3c(-c4cn[nH]c4C(F)(F)F)cnc23)cc1Cl. The summed E-state index contributed by atoms with van der Waals surface area (Å²) in [4.78, 5) is 33.1. The van der Waals surface area contributed by atoms with Gasteiger partial charge in [0.25, 0.3) is 5.91 Å². The predicted molar refractivity (Wildman–Crippen MR) is 138 cm³/mol. The highest BCUT2D eigenvalue weighted by atomic mass is 35.5. The van der Waals surface area contributed by atoms with E-state index >= 15 is 0 Å². The second kappa shape index (κ2) is 11.1. The molecular weight excluding hydrogens is 555 g/mol. The van der Waals surface area contributed by atoms with Gasteiger partial charge in [0, 0.05) is 37.7 Å². The number of aromatic nitrogens is 5. The summed E-state index contributed by atoms with van der Waals surface area (Å²) in [6.07, 6.45) is 0.412. The van der Waals surface area contributed by atoms with Gasteiger partial charge in [0.15, 0.2) is 11.5 Å². The molecule has 16 heteroatoms. The third-order valence-corrected chi connectivity index (χ3v) is 6.55. The van der Waals surface area contributed by atoms with E-state index in [9.17, 15) is 27.9 Å². The number of halogens is 4. The number of aliphatic hydroxyl groups is 1. The Kier molecular flexibility index (Phi) is 7.60. The van der Waals surface area contributed by atoms with Crippen molar-refractivity contribution in [2.24, 2.45) is 0 Å². The topological polar surface area (TPSA) is 161 Å². The van der Waals surface area contributed by atoms with Gasteiger partial charge in [-0.25, -0.2) is 9.97 Å². The van der Waals surface area contributed by atoms with Gasteiger partial charge in [-0.05, 0) is 24.6 Å². The molecule has 2 unspecified atom stereocenters. The van der Waals surface area contributed by atoms with E-state index in [-0.39, 0.29) is 52.3 Å². The number of hydrogen-bond acceptors (Lipinski definition) is 8. The lowest BCUT2D eigenvalue weighted by molar-refractivity contribution is -0.140. The molecule has 1 saturated heterocycles. The van der Waals surface area contributed by atoms with Crippen molar-refractivity contribution in [3.05, 3.63) is 59.3 Å². The van der Waals surface area contributed by atoms with Crippen molar-refractivity contribution >= 4 is 40.6 Å². The first-order valence-corrected chi connectivity index (χ1v) is 12.5. The molecule has 210 valence electrons. The Morgan fingerprint density at radius 1 is 1.18 bits per heavy atom. The quantitative estimate of drug-likeness (QED) is 0.174. The molecule has 4 aromatic rings. The van der Waals surface area contributed by atoms with Crippen molar-refractivity contribution in [2.45, 2.75) is 24.7 Å². The molecule has 1 aromatic carbocycles. The molecule has 2 atom stereocenters. The number of fused-ring (bicyclic) bond motifs is 1. The number of nitrogens with zero attached hydrogens (tertiary/aromatic N) is 4. The highest BCUT2D eigenvalue weighted by Gasteiger charge is 2.36. The first-order chi connectivity index (χ1) is 19.1. The number of amides is 2. The van der Waals surface area contributed by atoms with Crippen molar-refractivity contribution < 1.29 is 27.9 Å². The van der Waals surface area contributed by atoms with Crippen LogP contribution < -0.4 is 21.3 Å². The van der Waals surface area contributed by atoms with Gasteiger partial charge in [-0.15, -0.1) is 0 Å². The van der Waals surface area contributed by atoms with Crippen LogP contribution in [0.25, 0.3) is 16.9 Å². The number of benzene rings is 1. The summed E-state index contributed by atoms with van der Waals surface area (Å²) >= 11 is 6.34. The summed E-state index contributed by atoms with van der Waals surface area (Å²) in [7, 11) is 0. The summed E-state index contributed by atoms with van der Waals surface area (Å²) in [6.45, 7) is 0.721. The highest BCUT2D eigenvalue weighted by molar-refractivity contribution is 6.34. The van der Waals surface area contributed by atoms with Crippen LogP contribution in [0.4, 0.5) is 24.7 Å². The molecule has 6 N–H and O–H groups in total. The minimum absolute atomic E-state index is 0.139. The normalized spacial score (nSPS) is 17.2. The first kappa shape index (κ1) is 27.4. The maximum absolute atomic E-state index is 13.4. The fourth-order valence-corrected chi connectivity index (χ4v) is 4.58. The molecule has 0 spiro atoms. The molecule has 12 nitrogen and oxygen atoms in total. The van der Waals surface area contributed by atoms with E-state index in [0.29, 0.717) is 18.7 Å². The lowest BCUT2D eigenvalue weighted by atomic mass is 10.2. The number of imidazole rings is 1. The smallest absolute Gasteiger partial charge is 0.392 e. The minimum Gasteiger partial charge on any atom is -0.392 e. The number of alkyl halides is 3. The number of nitrogens with one attached hydrogen (secondary N) is 5. The van der Waals surface area contributed by atoms with Crippen LogP contribution in [0.1, 0.15) is 22.5 Å². The molecule has 0 bridgehead atoms. The third-order valence-electron chi connectivity index (χ3n) is 6.24. The van der Waals surface area contributed by atoms with Gasteiger partial charge in [-0.1, -0.05) is 11.6 Å². The van der Waals surface area contributed by atoms with E-state index in [1.807, 2.05) is 5.10 Å². The Labute approximate surface area is 229 Å². The van der Waals surface area contributed by atoms with Gasteiger partial charge in [0.1, 0.15) is 5.69 Å². The van der Waals surface area contributed by atoms with E-state index in [2.05, 4.69) is 36.3 Å². The molecule has 0 saturated carbocycles. The van der Waals surface area contributed by atoms with Crippen molar-refractivity contribution in [1.29, 1.82) is 0 Å². The average Bonchev–Trinajstić information content (AvgIpc) is 3.66. The number of carbonyl (C=O) groups is 2. The average molecular weight is 578 g/mol. The largest absolute Gasteiger partial charge is 0.433 e. The zero-order chi connectivity index (χ0) is 28.4. The molecule has 1 fully saturated rings.